The van der Waals surface area contributed by atoms with Crippen LogP contribution in [0.5, 0.6) is 0 Å². The summed E-state index contributed by atoms with van der Waals surface area (Å²) in [7, 11) is 0. The quantitative estimate of drug-likeness (QED) is 0.791. The van der Waals surface area contributed by atoms with E-state index in [9.17, 15) is 9.90 Å². The van der Waals surface area contributed by atoms with E-state index in [4.69, 9.17) is 14.2 Å². The van der Waals surface area contributed by atoms with Crippen molar-refractivity contribution in [3.8, 4) is 0 Å². The number of esters is 1. The number of carbonyl (C=O) groups excluding carboxylic acids is 1. The molecule has 5 heteroatoms. The van der Waals surface area contributed by atoms with Crippen molar-refractivity contribution in [2.45, 2.75) is 44.9 Å². The zero-order valence-corrected chi connectivity index (χ0v) is 15.7. The van der Waals surface area contributed by atoms with Crippen molar-refractivity contribution in [2.24, 2.45) is 5.92 Å². The van der Waals surface area contributed by atoms with E-state index in [1.165, 1.54) is 0 Å². The van der Waals surface area contributed by atoms with Crippen molar-refractivity contribution in [1.82, 2.24) is 0 Å². The van der Waals surface area contributed by atoms with E-state index in [1.54, 1.807) is 24.3 Å². The summed E-state index contributed by atoms with van der Waals surface area (Å²) in [6.45, 7) is 4.34. The Balaban J connectivity index is 1.59. The average molecular weight is 370 g/mol. The summed E-state index contributed by atoms with van der Waals surface area (Å²) < 4.78 is 17.2. The average Bonchev–Trinajstić information content (AvgIpc) is 2.71. The Morgan fingerprint density at radius 2 is 1.67 bits per heavy atom. The first kappa shape index (κ1) is 19.5. The lowest BCUT2D eigenvalue weighted by Crippen LogP contribution is -2.55. The van der Waals surface area contributed by atoms with Crippen LogP contribution in [0.15, 0.2) is 60.7 Å². The molecule has 0 bridgehead atoms. The normalized spacial score (nSPS) is 27.9. The molecule has 1 N–H and O–H groups in total. The van der Waals surface area contributed by atoms with Crippen LogP contribution in [0.25, 0.3) is 0 Å². The smallest absolute Gasteiger partial charge is 0.338 e. The summed E-state index contributed by atoms with van der Waals surface area (Å²) >= 11 is 0. The first-order valence-corrected chi connectivity index (χ1v) is 9.27. The first-order valence-electron chi connectivity index (χ1n) is 9.27. The summed E-state index contributed by atoms with van der Waals surface area (Å²) in [6.07, 6.45) is -2.00. The maximum absolute atomic E-state index is 12.1. The fourth-order valence-electron chi connectivity index (χ4n) is 3.24. The van der Waals surface area contributed by atoms with Gasteiger partial charge in [0.15, 0.2) is 0 Å². The third-order valence-electron chi connectivity index (χ3n) is 5.04. The van der Waals surface area contributed by atoms with Crippen molar-refractivity contribution in [3.05, 3.63) is 71.8 Å². The van der Waals surface area contributed by atoms with Gasteiger partial charge in [-0.3, -0.25) is 0 Å². The number of aliphatic hydroxyl groups is 1. The molecule has 2 aromatic carbocycles. The summed E-state index contributed by atoms with van der Waals surface area (Å²) in [6, 6.07) is 18.6. The van der Waals surface area contributed by atoms with Gasteiger partial charge in [0, 0.05) is 5.92 Å². The minimum Gasteiger partial charge on any atom is -0.459 e. The molecule has 0 radical (unpaired) electrons. The fraction of sp³-hybridized carbons (Fsp3) is 0.409. The van der Waals surface area contributed by atoms with Crippen LogP contribution in [-0.4, -0.2) is 42.1 Å². The minimum absolute atomic E-state index is 0.0167. The Bertz CT molecular complexity index is 718. The fourth-order valence-corrected chi connectivity index (χ4v) is 3.24. The number of hydrogen-bond acceptors (Lipinski definition) is 5. The molecule has 1 fully saturated rings. The van der Waals surface area contributed by atoms with Crippen LogP contribution in [0.1, 0.15) is 29.8 Å². The van der Waals surface area contributed by atoms with Gasteiger partial charge in [-0.1, -0.05) is 55.5 Å². The molecule has 0 aromatic heterocycles. The first-order chi connectivity index (χ1) is 13.1. The van der Waals surface area contributed by atoms with Crippen molar-refractivity contribution in [2.75, 3.05) is 6.61 Å². The predicted molar refractivity (Wildman–Crippen MR) is 101 cm³/mol. The Labute approximate surface area is 159 Å². The monoisotopic (exact) mass is 370 g/mol. The number of rotatable bonds is 6. The van der Waals surface area contributed by atoms with Crippen molar-refractivity contribution >= 4 is 5.97 Å². The minimum atomic E-state index is -0.872. The molecule has 5 atom stereocenters. The lowest BCUT2D eigenvalue weighted by Gasteiger charge is -2.42. The van der Waals surface area contributed by atoms with Gasteiger partial charge in [-0.25, -0.2) is 4.79 Å². The van der Waals surface area contributed by atoms with Crippen molar-refractivity contribution in [3.63, 3.8) is 0 Å². The number of aliphatic hydroxyl groups excluding tert-OH is 1. The van der Waals surface area contributed by atoms with Gasteiger partial charge in [-0.15, -0.1) is 0 Å². The van der Waals surface area contributed by atoms with Gasteiger partial charge in [0.2, 0.25) is 0 Å². The Hall–Kier alpha value is -2.21. The zero-order chi connectivity index (χ0) is 19.2. The summed E-state index contributed by atoms with van der Waals surface area (Å²) in [4.78, 5) is 12.1. The molecular weight excluding hydrogens is 344 g/mol. The largest absolute Gasteiger partial charge is 0.459 e. The lowest BCUT2D eigenvalue weighted by atomic mass is 9.88. The van der Waals surface area contributed by atoms with E-state index in [0.29, 0.717) is 12.2 Å². The van der Waals surface area contributed by atoms with E-state index in [-0.39, 0.29) is 18.6 Å². The molecule has 5 nitrogen and oxygen atoms in total. The molecular formula is C22H26O5. The van der Waals surface area contributed by atoms with Crippen LogP contribution in [0.2, 0.25) is 0 Å². The second-order valence-electron chi connectivity index (χ2n) is 6.96. The van der Waals surface area contributed by atoms with E-state index in [2.05, 4.69) is 0 Å². The predicted octanol–water partition coefficient (Wildman–Crippen LogP) is 3.21. The van der Waals surface area contributed by atoms with E-state index in [1.807, 2.05) is 50.2 Å². The lowest BCUT2D eigenvalue weighted by molar-refractivity contribution is -0.217. The van der Waals surface area contributed by atoms with Gasteiger partial charge in [0.1, 0.15) is 18.8 Å². The number of benzene rings is 2. The van der Waals surface area contributed by atoms with Gasteiger partial charge < -0.3 is 19.3 Å². The van der Waals surface area contributed by atoms with Crippen LogP contribution in [0.3, 0.4) is 0 Å². The van der Waals surface area contributed by atoms with Crippen LogP contribution >= 0.6 is 0 Å². The molecule has 1 heterocycles. The molecule has 2 aromatic rings. The molecule has 27 heavy (non-hydrogen) atoms. The molecule has 3 unspecified atom stereocenters. The van der Waals surface area contributed by atoms with Crippen molar-refractivity contribution in [1.29, 1.82) is 0 Å². The number of carbonyl (C=O) groups is 1. The van der Waals surface area contributed by atoms with Crippen molar-refractivity contribution < 1.29 is 24.1 Å². The Kier molecular flexibility index (Phi) is 6.61. The molecule has 0 amide bonds. The number of ether oxygens (including phenoxy) is 3. The maximum Gasteiger partial charge on any atom is 0.338 e. The van der Waals surface area contributed by atoms with Gasteiger partial charge in [-0.2, -0.15) is 0 Å². The molecule has 0 saturated carbocycles. The third kappa shape index (κ3) is 4.95. The second-order valence-corrected chi connectivity index (χ2v) is 6.96. The van der Waals surface area contributed by atoms with Gasteiger partial charge in [0.05, 0.1) is 24.4 Å². The highest BCUT2D eigenvalue weighted by Gasteiger charge is 2.42. The van der Waals surface area contributed by atoms with Crippen LogP contribution < -0.4 is 0 Å². The highest BCUT2D eigenvalue weighted by atomic mass is 16.6. The SMILES string of the molecule is CC1C(OCc2ccccc2)[C@H](O)C(COC(=O)c2ccccc2)O[C@@H]1C. The zero-order valence-electron chi connectivity index (χ0n) is 15.7. The highest BCUT2D eigenvalue weighted by Crippen LogP contribution is 2.29. The molecule has 1 aliphatic rings. The number of hydrogen-bond donors (Lipinski definition) is 1. The molecule has 1 aliphatic heterocycles. The Morgan fingerprint density at radius 1 is 1.04 bits per heavy atom. The summed E-state index contributed by atoms with van der Waals surface area (Å²) in [5.74, 6) is -0.413. The van der Waals surface area contributed by atoms with Gasteiger partial charge in [-0.05, 0) is 24.6 Å². The van der Waals surface area contributed by atoms with Crippen LogP contribution in [0.4, 0.5) is 0 Å². The van der Waals surface area contributed by atoms with E-state index >= 15 is 0 Å². The molecule has 0 aliphatic carbocycles. The highest BCUT2D eigenvalue weighted by molar-refractivity contribution is 5.89. The summed E-state index contributed by atoms with van der Waals surface area (Å²) in [5, 5.41) is 10.7. The maximum atomic E-state index is 12.1. The topological polar surface area (TPSA) is 65.0 Å². The van der Waals surface area contributed by atoms with E-state index < -0.39 is 24.3 Å². The van der Waals surface area contributed by atoms with Crippen LogP contribution in [0, 0.1) is 5.92 Å². The molecule has 1 saturated heterocycles. The van der Waals surface area contributed by atoms with Crippen LogP contribution in [-0.2, 0) is 20.8 Å². The summed E-state index contributed by atoms with van der Waals surface area (Å²) in [5.41, 5.74) is 1.52. The van der Waals surface area contributed by atoms with Gasteiger partial charge in [0.25, 0.3) is 0 Å². The van der Waals surface area contributed by atoms with Gasteiger partial charge >= 0.3 is 5.97 Å². The van der Waals surface area contributed by atoms with E-state index in [0.717, 1.165) is 5.56 Å². The Morgan fingerprint density at radius 3 is 2.33 bits per heavy atom. The second kappa shape index (κ2) is 9.13. The standard InChI is InChI=1S/C22H26O5/c1-15-16(2)27-19(14-26-22(24)18-11-7-4-8-12-18)20(23)21(15)25-13-17-9-5-3-6-10-17/h3-12,15-16,19-21,23H,13-14H2,1-2H3/t15?,16-,19?,20-,21?/m1/s1. The molecule has 0 spiro atoms. The third-order valence-corrected chi connectivity index (χ3v) is 5.04. The molecule has 3 rings (SSSR count). The molecule has 144 valence electrons.